The Kier molecular flexibility index (Phi) is 5.43. The Morgan fingerprint density at radius 3 is 2.42 bits per heavy atom. The first-order valence-corrected chi connectivity index (χ1v) is 8.50. The SMILES string of the molecule is COc1ccc([C@H](C)N2CC(NC(=O)OC(C)(C)C)C2)c(C)c1C. The summed E-state index contributed by atoms with van der Waals surface area (Å²) in [4.78, 5) is 14.2. The number of alkyl carbamates (subject to hydrolysis) is 1. The summed E-state index contributed by atoms with van der Waals surface area (Å²) in [6, 6.07) is 4.64. The molecule has 1 fully saturated rings. The minimum Gasteiger partial charge on any atom is -0.496 e. The summed E-state index contributed by atoms with van der Waals surface area (Å²) in [5.74, 6) is 0.927. The van der Waals surface area contributed by atoms with Crippen molar-refractivity contribution in [3.8, 4) is 5.75 Å². The summed E-state index contributed by atoms with van der Waals surface area (Å²) >= 11 is 0. The third kappa shape index (κ3) is 4.20. The van der Waals surface area contributed by atoms with Crippen LogP contribution in [0, 0.1) is 13.8 Å². The van der Waals surface area contributed by atoms with Gasteiger partial charge in [0.25, 0.3) is 0 Å². The van der Waals surface area contributed by atoms with E-state index in [-0.39, 0.29) is 12.1 Å². The molecule has 1 atom stereocenters. The fraction of sp³-hybridized carbons (Fsp3) is 0.632. The number of likely N-dealkylation sites (tertiary alicyclic amines) is 1. The molecule has 1 saturated heterocycles. The Hall–Kier alpha value is -1.75. The number of carbonyl (C=O) groups excluding carboxylic acids is 1. The summed E-state index contributed by atoms with van der Waals surface area (Å²) in [5, 5.41) is 2.93. The summed E-state index contributed by atoms with van der Waals surface area (Å²) in [5.41, 5.74) is 3.30. The average molecular weight is 334 g/mol. The lowest BCUT2D eigenvalue weighted by atomic mass is 9.94. The first kappa shape index (κ1) is 18.6. The highest BCUT2D eigenvalue weighted by Crippen LogP contribution is 2.32. The van der Waals surface area contributed by atoms with Crippen molar-refractivity contribution in [2.75, 3.05) is 20.2 Å². The Morgan fingerprint density at radius 1 is 1.25 bits per heavy atom. The van der Waals surface area contributed by atoms with Gasteiger partial charge in [-0.2, -0.15) is 0 Å². The predicted molar refractivity (Wildman–Crippen MR) is 95.6 cm³/mol. The van der Waals surface area contributed by atoms with Gasteiger partial charge in [0.1, 0.15) is 11.4 Å². The van der Waals surface area contributed by atoms with Gasteiger partial charge in [0, 0.05) is 19.1 Å². The normalized spacial score (nSPS) is 17.1. The Bertz CT molecular complexity index is 601. The Morgan fingerprint density at radius 2 is 1.88 bits per heavy atom. The monoisotopic (exact) mass is 334 g/mol. The maximum absolute atomic E-state index is 11.8. The second-order valence-corrected chi connectivity index (χ2v) is 7.58. The van der Waals surface area contributed by atoms with Gasteiger partial charge in [-0.05, 0) is 64.3 Å². The molecule has 5 nitrogen and oxygen atoms in total. The highest BCUT2D eigenvalue weighted by atomic mass is 16.6. The molecule has 5 heteroatoms. The van der Waals surface area contributed by atoms with Gasteiger partial charge in [-0.1, -0.05) is 6.07 Å². The molecule has 0 aromatic heterocycles. The van der Waals surface area contributed by atoms with E-state index in [1.54, 1.807) is 7.11 Å². The summed E-state index contributed by atoms with van der Waals surface area (Å²) in [6.07, 6.45) is -0.337. The molecule has 2 rings (SSSR count). The van der Waals surface area contributed by atoms with Crippen molar-refractivity contribution < 1.29 is 14.3 Å². The molecule has 0 radical (unpaired) electrons. The van der Waals surface area contributed by atoms with Crippen LogP contribution in [-0.4, -0.2) is 42.8 Å². The van der Waals surface area contributed by atoms with Crippen molar-refractivity contribution in [1.82, 2.24) is 10.2 Å². The summed E-state index contributed by atoms with van der Waals surface area (Å²) < 4.78 is 10.7. The number of nitrogens with one attached hydrogen (secondary N) is 1. The molecule has 1 aliphatic rings. The lowest BCUT2D eigenvalue weighted by Crippen LogP contribution is -2.60. The number of amides is 1. The minimum absolute atomic E-state index is 0.155. The predicted octanol–water partition coefficient (Wildman–Crippen LogP) is 3.58. The molecule has 0 spiro atoms. The quantitative estimate of drug-likeness (QED) is 0.914. The van der Waals surface area contributed by atoms with Crippen LogP contribution in [0.5, 0.6) is 5.75 Å². The van der Waals surface area contributed by atoms with Crippen molar-refractivity contribution in [1.29, 1.82) is 0 Å². The van der Waals surface area contributed by atoms with Crippen LogP contribution in [0.25, 0.3) is 0 Å². The van der Waals surface area contributed by atoms with Crippen LogP contribution >= 0.6 is 0 Å². The van der Waals surface area contributed by atoms with Gasteiger partial charge in [-0.3, -0.25) is 4.90 Å². The van der Waals surface area contributed by atoms with Gasteiger partial charge in [-0.15, -0.1) is 0 Å². The van der Waals surface area contributed by atoms with Crippen LogP contribution in [0.2, 0.25) is 0 Å². The van der Waals surface area contributed by atoms with Gasteiger partial charge in [0.05, 0.1) is 13.2 Å². The molecule has 24 heavy (non-hydrogen) atoms. The standard InChI is InChI=1S/C19H30N2O3/c1-12-13(2)17(23-7)9-8-16(12)14(3)21-10-15(11-21)20-18(22)24-19(4,5)6/h8-9,14-15H,10-11H2,1-7H3,(H,20,22)/t14-/m0/s1. The number of rotatable bonds is 4. The van der Waals surface area contributed by atoms with Crippen LogP contribution in [0.1, 0.15) is 50.4 Å². The Balaban J connectivity index is 1.92. The zero-order chi connectivity index (χ0) is 18.1. The summed E-state index contributed by atoms with van der Waals surface area (Å²) in [6.45, 7) is 13.7. The third-order valence-electron chi connectivity index (χ3n) is 4.63. The molecular weight excluding hydrogens is 304 g/mol. The number of hydrogen-bond acceptors (Lipinski definition) is 4. The lowest BCUT2D eigenvalue weighted by Gasteiger charge is -2.44. The Labute approximate surface area is 145 Å². The maximum Gasteiger partial charge on any atom is 0.407 e. The van der Waals surface area contributed by atoms with Crippen molar-refractivity contribution in [3.63, 3.8) is 0 Å². The third-order valence-corrected chi connectivity index (χ3v) is 4.63. The van der Waals surface area contributed by atoms with E-state index in [4.69, 9.17) is 9.47 Å². The number of nitrogens with zero attached hydrogens (tertiary/aromatic N) is 1. The number of ether oxygens (including phenoxy) is 2. The highest BCUT2D eigenvalue weighted by molar-refractivity contribution is 5.68. The molecule has 0 bridgehead atoms. The van der Waals surface area contributed by atoms with Gasteiger partial charge in [0.2, 0.25) is 0 Å². The van der Waals surface area contributed by atoms with Crippen molar-refractivity contribution in [3.05, 3.63) is 28.8 Å². The fourth-order valence-electron chi connectivity index (χ4n) is 3.08. The summed E-state index contributed by atoms with van der Waals surface area (Å²) in [7, 11) is 1.70. The highest BCUT2D eigenvalue weighted by Gasteiger charge is 2.33. The van der Waals surface area contributed by atoms with E-state index >= 15 is 0 Å². The van der Waals surface area contributed by atoms with E-state index in [2.05, 4.69) is 37.1 Å². The number of carbonyl (C=O) groups is 1. The van der Waals surface area contributed by atoms with Crippen LogP contribution < -0.4 is 10.1 Å². The van der Waals surface area contributed by atoms with Gasteiger partial charge >= 0.3 is 6.09 Å². The minimum atomic E-state index is -0.460. The molecule has 1 amide bonds. The molecule has 134 valence electrons. The zero-order valence-corrected chi connectivity index (χ0v) is 15.9. The average Bonchev–Trinajstić information content (AvgIpc) is 2.42. The molecule has 1 aromatic rings. The number of hydrogen-bond donors (Lipinski definition) is 1. The van der Waals surface area contributed by atoms with E-state index < -0.39 is 5.60 Å². The molecule has 1 heterocycles. The van der Waals surface area contributed by atoms with E-state index in [1.165, 1.54) is 16.7 Å². The second kappa shape index (κ2) is 7.01. The van der Waals surface area contributed by atoms with Crippen LogP contribution in [0.3, 0.4) is 0 Å². The smallest absolute Gasteiger partial charge is 0.407 e. The van der Waals surface area contributed by atoms with E-state index in [9.17, 15) is 4.79 Å². The van der Waals surface area contributed by atoms with Gasteiger partial charge in [-0.25, -0.2) is 4.79 Å². The molecular formula is C19H30N2O3. The van der Waals surface area contributed by atoms with Crippen LogP contribution in [-0.2, 0) is 4.74 Å². The maximum atomic E-state index is 11.8. The molecule has 0 saturated carbocycles. The van der Waals surface area contributed by atoms with Gasteiger partial charge in [0.15, 0.2) is 0 Å². The van der Waals surface area contributed by atoms with Crippen molar-refractivity contribution in [2.45, 2.75) is 59.2 Å². The van der Waals surface area contributed by atoms with Gasteiger partial charge < -0.3 is 14.8 Å². The molecule has 1 aliphatic heterocycles. The number of benzene rings is 1. The van der Waals surface area contributed by atoms with E-state index in [0.717, 1.165) is 18.8 Å². The molecule has 0 aliphatic carbocycles. The molecule has 1 aromatic carbocycles. The first-order chi connectivity index (χ1) is 11.1. The van der Waals surface area contributed by atoms with Crippen LogP contribution in [0.15, 0.2) is 12.1 Å². The van der Waals surface area contributed by atoms with E-state index in [0.29, 0.717) is 6.04 Å². The lowest BCUT2D eigenvalue weighted by molar-refractivity contribution is 0.0337. The number of methoxy groups -OCH3 is 1. The largest absolute Gasteiger partial charge is 0.496 e. The first-order valence-electron chi connectivity index (χ1n) is 8.50. The van der Waals surface area contributed by atoms with Crippen molar-refractivity contribution in [2.24, 2.45) is 0 Å². The van der Waals surface area contributed by atoms with Crippen molar-refractivity contribution >= 4 is 6.09 Å². The zero-order valence-electron chi connectivity index (χ0n) is 15.9. The van der Waals surface area contributed by atoms with E-state index in [1.807, 2.05) is 26.8 Å². The molecule has 0 unspecified atom stereocenters. The second-order valence-electron chi connectivity index (χ2n) is 7.58. The fourth-order valence-corrected chi connectivity index (χ4v) is 3.08. The van der Waals surface area contributed by atoms with Crippen LogP contribution in [0.4, 0.5) is 4.79 Å². The topological polar surface area (TPSA) is 50.8 Å². The molecule has 1 N–H and O–H groups in total.